The Hall–Kier alpha value is -2.97. The van der Waals surface area contributed by atoms with Crippen LogP contribution in [0.1, 0.15) is 17.0 Å². The van der Waals surface area contributed by atoms with Crippen molar-refractivity contribution in [2.75, 3.05) is 18.9 Å². The van der Waals surface area contributed by atoms with Gasteiger partial charge in [-0.2, -0.15) is 17.6 Å². The predicted molar refractivity (Wildman–Crippen MR) is 88.1 cm³/mol. The third kappa shape index (κ3) is 3.91. The third-order valence-corrected chi connectivity index (χ3v) is 4.43. The van der Waals surface area contributed by atoms with Crippen LogP contribution in [0.5, 0.6) is 0 Å². The monoisotopic (exact) mass is 381 g/mol. The zero-order valence-electron chi connectivity index (χ0n) is 14.1. The Bertz CT molecular complexity index is 868. The summed E-state index contributed by atoms with van der Waals surface area (Å²) in [6.45, 7) is 0.179. The maximum Gasteiger partial charge on any atom is 0.416 e. The summed E-state index contributed by atoms with van der Waals surface area (Å²) in [5.41, 5.74) is -0.373. The van der Waals surface area contributed by atoms with Crippen molar-refractivity contribution in [2.45, 2.75) is 12.1 Å². The third-order valence-electron chi connectivity index (χ3n) is 4.43. The number of pyridine rings is 1. The van der Waals surface area contributed by atoms with E-state index in [1.54, 1.807) is 0 Å². The lowest BCUT2D eigenvalue weighted by Crippen LogP contribution is -2.33. The van der Waals surface area contributed by atoms with E-state index >= 15 is 0 Å². The van der Waals surface area contributed by atoms with E-state index in [0.29, 0.717) is 5.56 Å². The number of likely N-dealkylation sites (N-methyl/N-ethyl adjacent to an activating group) is 1. The summed E-state index contributed by atoms with van der Waals surface area (Å²) in [5, 5.41) is 2.39. The predicted octanol–water partition coefficient (Wildman–Crippen LogP) is 3.05. The first-order valence-corrected chi connectivity index (χ1v) is 8.02. The average Bonchev–Trinajstić information content (AvgIpc) is 2.89. The molecule has 1 aliphatic rings. The number of carbonyl (C=O) groups is 2. The van der Waals surface area contributed by atoms with Crippen molar-refractivity contribution in [3.8, 4) is 0 Å². The molecule has 9 heteroatoms. The number of carbonyl (C=O) groups excluding carboxylic acids is 2. The maximum absolute atomic E-state index is 13.2. The van der Waals surface area contributed by atoms with Gasteiger partial charge in [0.2, 0.25) is 17.8 Å². The number of rotatable bonds is 3. The molecule has 2 heterocycles. The van der Waals surface area contributed by atoms with Crippen LogP contribution < -0.4 is 5.32 Å². The topological polar surface area (TPSA) is 62.3 Å². The molecule has 27 heavy (non-hydrogen) atoms. The van der Waals surface area contributed by atoms with Crippen LogP contribution in [0.4, 0.5) is 23.4 Å². The number of nitrogens with zero attached hydrogens (tertiary/aromatic N) is 2. The minimum Gasteiger partial charge on any atom is -0.344 e. The molecular weight excluding hydrogens is 366 g/mol. The molecule has 0 saturated carbocycles. The van der Waals surface area contributed by atoms with E-state index in [1.807, 2.05) is 0 Å². The van der Waals surface area contributed by atoms with E-state index in [2.05, 4.69) is 10.3 Å². The van der Waals surface area contributed by atoms with E-state index in [9.17, 15) is 27.2 Å². The summed E-state index contributed by atoms with van der Waals surface area (Å²) in [7, 11) is 1.51. The molecule has 1 aromatic carbocycles. The lowest BCUT2D eigenvalue weighted by atomic mass is 9.87. The molecule has 0 radical (unpaired) electrons. The van der Waals surface area contributed by atoms with Crippen LogP contribution in [-0.2, 0) is 15.8 Å². The van der Waals surface area contributed by atoms with Crippen molar-refractivity contribution in [3.05, 3.63) is 59.5 Å². The van der Waals surface area contributed by atoms with E-state index in [4.69, 9.17) is 0 Å². The summed E-state index contributed by atoms with van der Waals surface area (Å²) >= 11 is 0. The van der Waals surface area contributed by atoms with Crippen LogP contribution in [0, 0.1) is 11.9 Å². The fourth-order valence-corrected chi connectivity index (χ4v) is 3.09. The van der Waals surface area contributed by atoms with Crippen molar-refractivity contribution < 1.29 is 27.2 Å². The largest absolute Gasteiger partial charge is 0.416 e. The average molecular weight is 381 g/mol. The van der Waals surface area contributed by atoms with Crippen LogP contribution in [0.25, 0.3) is 0 Å². The zero-order valence-corrected chi connectivity index (χ0v) is 14.1. The second kappa shape index (κ2) is 6.98. The lowest BCUT2D eigenvalue weighted by molar-refractivity contribution is -0.138. The molecule has 1 saturated heterocycles. The highest BCUT2D eigenvalue weighted by Crippen LogP contribution is 2.36. The lowest BCUT2D eigenvalue weighted by Gasteiger charge is -2.17. The molecule has 2 atom stereocenters. The highest BCUT2D eigenvalue weighted by Gasteiger charge is 2.44. The summed E-state index contributed by atoms with van der Waals surface area (Å²) in [5.74, 6) is -3.76. The van der Waals surface area contributed by atoms with Gasteiger partial charge in [-0.05, 0) is 29.8 Å². The molecule has 0 spiro atoms. The fraction of sp³-hybridized carbons (Fsp3) is 0.278. The number of hydrogen-bond donors (Lipinski definition) is 1. The molecule has 142 valence electrons. The van der Waals surface area contributed by atoms with Gasteiger partial charge in [-0.1, -0.05) is 18.2 Å². The SMILES string of the molecule is CN1C[C@@H](c2ccc(C(F)(F)F)cc2)[C@H](C(=O)Nc2cccc(F)n2)C1=O. The van der Waals surface area contributed by atoms with Gasteiger partial charge >= 0.3 is 6.18 Å². The fourth-order valence-electron chi connectivity index (χ4n) is 3.09. The van der Waals surface area contributed by atoms with E-state index < -0.39 is 41.3 Å². The van der Waals surface area contributed by atoms with Crippen LogP contribution in [0.2, 0.25) is 0 Å². The van der Waals surface area contributed by atoms with Gasteiger partial charge in [0.15, 0.2) is 0 Å². The molecule has 1 aliphatic heterocycles. The number of halogens is 4. The van der Waals surface area contributed by atoms with Crippen LogP contribution in [0.15, 0.2) is 42.5 Å². The van der Waals surface area contributed by atoms with E-state index in [1.165, 1.54) is 36.2 Å². The Kier molecular flexibility index (Phi) is 4.86. The minimum absolute atomic E-state index is 0.0477. The summed E-state index contributed by atoms with van der Waals surface area (Å²) in [6, 6.07) is 8.20. The Morgan fingerprint density at radius 1 is 1.19 bits per heavy atom. The quantitative estimate of drug-likeness (QED) is 0.505. The summed E-state index contributed by atoms with van der Waals surface area (Å²) < 4.78 is 51.4. The van der Waals surface area contributed by atoms with Gasteiger partial charge in [0.25, 0.3) is 0 Å². The molecule has 2 amide bonds. The first-order valence-electron chi connectivity index (χ1n) is 8.02. The maximum atomic E-state index is 13.2. The number of likely N-dealkylation sites (tertiary alicyclic amines) is 1. The Morgan fingerprint density at radius 2 is 1.85 bits per heavy atom. The number of nitrogens with one attached hydrogen (secondary N) is 1. The molecule has 5 nitrogen and oxygen atoms in total. The number of aromatic nitrogens is 1. The smallest absolute Gasteiger partial charge is 0.344 e. The summed E-state index contributed by atoms with van der Waals surface area (Å²) in [4.78, 5) is 29.9. The number of alkyl halides is 3. The first kappa shape index (κ1) is 18.8. The molecule has 1 fully saturated rings. The van der Waals surface area contributed by atoms with Gasteiger partial charge in [-0.25, -0.2) is 4.98 Å². The van der Waals surface area contributed by atoms with Gasteiger partial charge in [0.05, 0.1) is 5.56 Å². The van der Waals surface area contributed by atoms with Gasteiger partial charge < -0.3 is 10.2 Å². The normalized spacial score (nSPS) is 20.0. The Morgan fingerprint density at radius 3 is 2.44 bits per heavy atom. The Balaban J connectivity index is 1.85. The van der Waals surface area contributed by atoms with Crippen LogP contribution in [-0.4, -0.2) is 35.3 Å². The molecule has 1 aromatic heterocycles. The molecule has 0 unspecified atom stereocenters. The van der Waals surface area contributed by atoms with Gasteiger partial charge in [-0.3, -0.25) is 9.59 Å². The second-order valence-corrected chi connectivity index (χ2v) is 6.26. The van der Waals surface area contributed by atoms with Crippen molar-refractivity contribution in [1.82, 2.24) is 9.88 Å². The zero-order chi connectivity index (χ0) is 19.8. The van der Waals surface area contributed by atoms with Gasteiger partial charge in [0, 0.05) is 19.5 Å². The number of benzene rings is 1. The van der Waals surface area contributed by atoms with Crippen molar-refractivity contribution in [1.29, 1.82) is 0 Å². The van der Waals surface area contributed by atoms with Crippen LogP contribution in [0.3, 0.4) is 0 Å². The molecule has 0 aliphatic carbocycles. The minimum atomic E-state index is -4.47. The number of amides is 2. The van der Waals surface area contributed by atoms with Gasteiger partial charge in [0.1, 0.15) is 11.7 Å². The standard InChI is InChI=1S/C18H15F4N3O2/c1-25-9-12(10-5-7-11(8-6-10)18(20,21)22)15(17(25)27)16(26)24-14-4-2-3-13(19)23-14/h2-8,12,15H,9H2,1H3,(H,23,24,26)/t12-,15+/m0/s1. The van der Waals surface area contributed by atoms with E-state index in [-0.39, 0.29) is 12.4 Å². The van der Waals surface area contributed by atoms with Crippen molar-refractivity contribution in [2.24, 2.45) is 5.92 Å². The van der Waals surface area contributed by atoms with Gasteiger partial charge in [-0.15, -0.1) is 0 Å². The molecule has 1 N–H and O–H groups in total. The number of hydrogen-bond acceptors (Lipinski definition) is 3. The summed E-state index contributed by atoms with van der Waals surface area (Å²) in [6.07, 6.45) is -4.47. The van der Waals surface area contributed by atoms with E-state index in [0.717, 1.165) is 18.2 Å². The molecular formula is C18H15F4N3O2. The Labute approximate surface area is 152 Å². The molecule has 3 rings (SSSR count). The number of anilines is 1. The highest BCUT2D eigenvalue weighted by atomic mass is 19.4. The first-order chi connectivity index (χ1) is 12.7. The van der Waals surface area contributed by atoms with Crippen LogP contribution >= 0.6 is 0 Å². The van der Waals surface area contributed by atoms with Crippen molar-refractivity contribution in [3.63, 3.8) is 0 Å². The highest BCUT2D eigenvalue weighted by molar-refractivity contribution is 6.08. The molecule has 2 aromatic rings. The second-order valence-electron chi connectivity index (χ2n) is 6.26. The molecule has 0 bridgehead atoms. The van der Waals surface area contributed by atoms with Crippen molar-refractivity contribution >= 4 is 17.6 Å².